The average Bonchev–Trinajstić information content (AvgIpc) is 2.18. The van der Waals surface area contributed by atoms with Crippen LogP contribution in [0.5, 0.6) is 0 Å². The van der Waals surface area contributed by atoms with Gasteiger partial charge in [0.2, 0.25) is 0 Å². The van der Waals surface area contributed by atoms with E-state index in [-0.39, 0.29) is 5.82 Å². The van der Waals surface area contributed by atoms with Crippen LogP contribution in [0.1, 0.15) is 23.9 Å². The van der Waals surface area contributed by atoms with E-state index in [1.807, 2.05) is 26.8 Å². The van der Waals surface area contributed by atoms with Gasteiger partial charge in [-0.1, -0.05) is 6.92 Å². The fourth-order valence-electron chi connectivity index (χ4n) is 1.71. The molecule has 0 aliphatic rings. The molecule has 0 saturated heterocycles. The van der Waals surface area contributed by atoms with Gasteiger partial charge in [0.15, 0.2) is 5.82 Å². The minimum atomic E-state index is -0.289. The van der Waals surface area contributed by atoms with Gasteiger partial charge in [-0.2, -0.15) is 0 Å². The van der Waals surface area contributed by atoms with Crippen LogP contribution in [0.3, 0.4) is 0 Å². The summed E-state index contributed by atoms with van der Waals surface area (Å²) in [4.78, 5) is 8.66. The number of hydrogen-bond donors (Lipinski definition) is 0. The molecule has 0 bridgehead atoms. The third-order valence-electron chi connectivity index (χ3n) is 2.48. The van der Waals surface area contributed by atoms with Crippen molar-refractivity contribution in [1.29, 1.82) is 0 Å². The zero-order chi connectivity index (χ0) is 11.0. The van der Waals surface area contributed by atoms with E-state index in [0.717, 1.165) is 23.4 Å². The van der Waals surface area contributed by atoms with E-state index in [1.165, 1.54) is 6.07 Å². The van der Waals surface area contributed by atoms with Gasteiger partial charge in [-0.3, -0.25) is 0 Å². The summed E-state index contributed by atoms with van der Waals surface area (Å²) in [5.74, 6) is -0.289. The number of fused-ring (bicyclic) bond motifs is 1. The maximum Gasteiger partial charge on any atom is 0.151 e. The molecule has 0 aliphatic heterocycles. The first-order valence-corrected chi connectivity index (χ1v) is 5.05. The minimum absolute atomic E-state index is 0.289. The molecule has 1 aromatic heterocycles. The highest BCUT2D eigenvalue weighted by Crippen LogP contribution is 2.18. The molecule has 0 radical (unpaired) electrons. The van der Waals surface area contributed by atoms with Crippen molar-refractivity contribution in [3.8, 4) is 0 Å². The first-order chi connectivity index (χ1) is 7.11. The summed E-state index contributed by atoms with van der Waals surface area (Å²) in [6.45, 7) is 5.75. The van der Waals surface area contributed by atoms with Crippen LogP contribution in [0.25, 0.3) is 11.0 Å². The van der Waals surface area contributed by atoms with Crippen LogP contribution in [-0.4, -0.2) is 9.97 Å². The molecular weight excluding hydrogens is 191 g/mol. The van der Waals surface area contributed by atoms with E-state index < -0.39 is 0 Å². The predicted octanol–water partition coefficient (Wildman–Crippen LogP) is 2.95. The molecule has 0 aliphatic carbocycles. The van der Waals surface area contributed by atoms with Crippen molar-refractivity contribution in [3.05, 3.63) is 34.9 Å². The molecule has 15 heavy (non-hydrogen) atoms. The van der Waals surface area contributed by atoms with Gasteiger partial charge in [-0.15, -0.1) is 0 Å². The third kappa shape index (κ3) is 1.69. The highest BCUT2D eigenvalue weighted by atomic mass is 19.1. The lowest BCUT2D eigenvalue weighted by Gasteiger charge is -2.05. The van der Waals surface area contributed by atoms with Crippen LogP contribution in [0, 0.1) is 19.7 Å². The molecule has 0 amide bonds. The van der Waals surface area contributed by atoms with E-state index in [9.17, 15) is 4.39 Å². The van der Waals surface area contributed by atoms with Crippen molar-refractivity contribution in [1.82, 2.24) is 9.97 Å². The Morgan fingerprint density at radius 1 is 1.20 bits per heavy atom. The molecule has 0 fully saturated rings. The van der Waals surface area contributed by atoms with Crippen LogP contribution >= 0.6 is 0 Å². The van der Waals surface area contributed by atoms with E-state index in [0.29, 0.717) is 11.0 Å². The molecule has 0 spiro atoms. The summed E-state index contributed by atoms with van der Waals surface area (Å²) in [5.41, 5.74) is 3.64. The second kappa shape index (κ2) is 3.57. The Morgan fingerprint density at radius 2 is 1.93 bits per heavy atom. The topological polar surface area (TPSA) is 25.8 Å². The Kier molecular flexibility index (Phi) is 2.39. The Labute approximate surface area is 88.2 Å². The number of aromatic nitrogens is 2. The number of hydrogen-bond acceptors (Lipinski definition) is 2. The molecule has 0 N–H and O–H groups in total. The van der Waals surface area contributed by atoms with E-state index in [4.69, 9.17) is 0 Å². The van der Waals surface area contributed by atoms with Crippen LogP contribution < -0.4 is 0 Å². The average molecular weight is 204 g/mol. The van der Waals surface area contributed by atoms with Gasteiger partial charge in [0.05, 0.1) is 16.9 Å². The maximum atomic E-state index is 13.6. The number of rotatable bonds is 1. The lowest BCUT2D eigenvalue weighted by molar-refractivity contribution is 0.634. The summed E-state index contributed by atoms with van der Waals surface area (Å²) in [6.07, 6.45) is 0.824. The standard InChI is InChI=1S/C12H13FN2/c1-4-10-8(3)14-12-9(13)5-7(2)6-11(12)15-10/h5-6H,4H2,1-3H3. The van der Waals surface area contributed by atoms with Gasteiger partial charge < -0.3 is 0 Å². The molecule has 3 heteroatoms. The van der Waals surface area contributed by atoms with E-state index in [1.54, 1.807) is 0 Å². The molecule has 0 unspecified atom stereocenters. The van der Waals surface area contributed by atoms with Crippen LogP contribution in [0.4, 0.5) is 4.39 Å². The molecule has 78 valence electrons. The number of benzene rings is 1. The molecular formula is C12H13FN2. The molecule has 0 atom stereocenters. The first kappa shape index (κ1) is 10.0. The third-order valence-corrected chi connectivity index (χ3v) is 2.48. The fraction of sp³-hybridized carbons (Fsp3) is 0.333. The molecule has 2 nitrogen and oxygen atoms in total. The van der Waals surface area contributed by atoms with Gasteiger partial charge in [0.1, 0.15) is 5.52 Å². The quantitative estimate of drug-likeness (QED) is 0.713. The summed E-state index contributed by atoms with van der Waals surface area (Å²) >= 11 is 0. The Hall–Kier alpha value is -1.51. The number of nitrogens with zero attached hydrogens (tertiary/aromatic N) is 2. The fourth-order valence-corrected chi connectivity index (χ4v) is 1.71. The van der Waals surface area contributed by atoms with Gasteiger partial charge in [0.25, 0.3) is 0 Å². The van der Waals surface area contributed by atoms with Crippen molar-refractivity contribution in [3.63, 3.8) is 0 Å². The summed E-state index contributed by atoms with van der Waals surface area (Å²) in [6, 6.07) is 3.35. The Balaban J connectivity index is 2.81. The van der Waals surface area contributed by atoms with E-state index >= 15 is 0 Å². The summed E-state index contributed by atoms with van der Waals surface area (Å²) < 4.78 is 13.6. The molecule has 0 saturated carbocycles. The normalized spacial score (nSPS) is 10.9. The molecule has 1 heterocycles. The van der Waals surface area contributed by atoms with E-state index in [2.05, 4.69) is 9.97 Å². The zero-order valence-electron chi connectivity index (χ0n) is 9.13. The van der Waals surface area contributed by atoms with Crippen molar-refractivity contribution >= 4 is 11.0 Å². The number of aryl methyl sites for hydroxylation is 3. The number of halogens is 1. The Bertz CT molecular complexity index is 521. The van der Waals surface area contributed by atoms with Crippen LogP contribution in [0.15, 0.2) is 12.1 Å². The summed E-state index contributed by atoms with van der Waals surface area (Å²) in [7, 11) is 0. The van der Waals surface area contributed by atoms with Crippen LogP contribution in [0.2, 0.25) is 0 Å². The second-order valence-electron chi connectivity index (χ2n) is 3.72. The minimum Gasteiger partial charge on any atom is -0.249 e. The molecule has 1 aromatic carbocycles. The van der Waals surface area contributed by atoms with Crippen molar-refractivity contribution < 1.29 is 4.39 Å². The van der Waals surface area contributed by atoms with Gasteiger partial charge in [-0.05, 0) is 38.0 Å². The summed E-state index contributed by atoms with van der Waals surface area (Å²) in [5, 5.41) is 0. The first-order valence-electron chi connectivity index (χ1n) is 5.05. The van der Waals surface area contributed by atoms with Crippen molar-refractivity contribution in [2.45, 2.75) is 27.2 Å². The SMILES string of the molecule is CCc1nc2cc(C)cc(F)c2nc1C. The zero-order valence-corrected chi connectivity index (χ0v) is 9.13. The van der Waals surface area contributed by atoms with Crippen molar-refractivity contribution in [2.24, 2.45) is 0 Å². The molecule has 2 aromatic rings. The van der Waals surface area contributed by atoms with Crippen LogP contribution in [-0.2, 0) is 6.42 Å². The monoisotopic (exact) mass is 204 g/mol. The Morgan fingerprint density at radius 3 is 2.60 bits per heavy atom. The highest BCUT2D eigenvalue weighted by molar-refractivity contribution is 5.76. The smallest absolute Gasteiger partial charge is 0.151 e. The second-order valence-corrected chi connectivity index (χ2v) is 3.72. The maximum absolute atomic E-state index is 13.6. The largest absolute Gasteiger partial charge is 0.249 e. The highest BCUT2D eigenvalue weighted by Gasteiger charge is 2.08. The van der Waals surface area contributed by atoms with Crippen molar-refractivity contribution in [2.75, 3.05) is 0 Å². The van der Waals surface area contributed by atoms with Gasteiger partial charge in [-0.25, -0.2) is 14.4 Å². The molecule has 2 rings (SSSR count). The lowest BCUT2D eigenvalue weighted by Crippen LogP contribution is -1.99. The van der Waals surface area contributed by atoms with Gasteiger partial charge in [0, 0.05) is 0 Å². The lowest BCUT2D eigenvalue weighted by atomic mass is 10.2. The van der Waals surface area contributed by atoms with Gasteiger partial charge >= 0.3 is 0 Å². The predicted molar refractivity (Wildman–Crippen MR) is 58.3 cm³/mol.